The maximum absolute atomic E-state index is 13.3. The van der Waals surface area contributed by atoms with Crippen molar-refractivity contribution in [1.29, 1.82) is 0 Å². The lowest BCUT2D eigenvalue weighted by molar-refractivity contribution is -0.131. The van der Waals surface area contributed by atoms with E-state index in [0.29, 0.717) is 30.2 Å². The van der Waals surface area contributed by atoms with E-state index in [4.69, 9.17) is 9.84 Å². The van der Waals surface area contributed by atoms with E-state index in [-0.39, 0.29) is 11.8 Å². The van der Waals surface area contributed by atoms with Crippen LogP contribution in [0.3, 0.4) is 0 Å². The molecule has 0 spiro atoms. The monoisotopic (exact) mass is 443 g/mol. The summed E-state index contributed by atoms with van der Waals surface area (Å²) in [5, 5.41) is 12.1. The molecule has 0 radical (unpaired) electrons. The molecular formula is C28H29NO4. The minimum Gasteiger partial charge on any atom is -0.489 e. The fourth-order valence-corrected chi connectivity index (χ4v) is 3.56. The van der Waals surface area contributed by atoms with Gasteiger partial charge in [-0.2, -0.15) is 0 Å². The van der Waals surface area contributed by atoms with Crippen molar-refractivity contribution in [2.45, 2.75) is 32.8 Å². The first-order chi connectivity index (χ1) is 15.9. The Bertz CT molecular complexity index is 1090. The molecule has 2 N–H and O–H groups in total. The van der Waals surface area contributed by atoms with Crippen molar-refractivity contribution in [3.8, 4) is 5.75 Å². The van der Waals surface area contributed by atoms with Crippen LogP contribution in [-0.2, 0) is 16.2 Å². The van der Waals surface area contributed by atoms with Crippen LogP contribution in [0.25, 0.3) is 6.08 Å². The second-order valence-corrected chi connectivity index (χ2v) is 8.28. The van der Waals surface area contributed by atoms with Gasteiger partial charge in [-0.3, -0.25) is 4.79 Å². The van der Waals surface area contributed by atoms with Gasteiger partial charge in [0.1, 0.15) is 12.4 Å². The molecule has 3 rings (SSSR count). The number of hydrogen-bond acceptors (Lipinski definition) is 3. The second-order valence-electron chi connectivity index (χ2n) is 8.28. The number of para-hydroxylation sites is 1. The Balaban J connectivity index is 1.86. The third-order valence-corrected chi connectivity index (χ3v) is 5.16. The highest BCUT2D eigenvalue weighted by molar-refractivity contribution is 5.98. The lowest BCUT2D eigenvalue weighted by Crippen LogP contribution is -2.23. The number of aliphatic carboxylic acids is 1. The van der Waals surface area contributed by atoms with Crippen LogP contribution in [-0.4, -0.2) is 17.0 Å². The maximum Gasteiger partial charge on any atom is 0.328 e. The molecule has 1 atom stereocenters. The number of hydrogen-bond donors (Lipinski definition) is 2. The van der Waals surface area contributed by atoms with Gasteiger partial charge in [-0.25, -0.2) is 4.79 Å². The minimum atomic E-state index is -1.05. The first-order valence-electron chi connectivity index (χ1n) is 11.0. The summed E-state index contributed by atoms with van der Waals surface area (Å²) in [4.78, 5) is 24.4. The molecule has 1 unspecified atom stereocenters. The summed E-state index contributed by atoms with van der Waals surface area (Å²) >= 11 is 0. The minimum absolute atomic E-state index is 0.124. The highest BCUT2D eigenvalue weighted by atomic mass is 16.5. The zero-order chi connectivity index (χ0) is 23.6. The number of carboxylic acids is 1. The van der Waals surface area contributed by atoms with Crippen LogP contribution in [0, 0.1) is 5.92 Å². The summed E-state index contributed by atoms with van der Waals surface area (Å²) in [6.07, 6.45) is 3.25. The van der Waals surface area contributed by atoms with Gasteiger partial charge in [0, 0.05) is 11.8 Å². The fraction of sp³-hybridized carbons (Fsp3) is 0.214. The number of carbonyl (C=O) groups is 2. The van der Waals surface area contributed by atoms with Crippen LogP contribution in [0.5, 0.6) is 5.75 Å². The van der Waals surface area contributed by atoms with Crippen molar-refractivity contribution >= 4 is 23.6 Å². The van der Waals surface area contributed by atoms with E-state index in [1.165, 1.54) is 6.08 Å². The van der Waals surface area contributed by atoms with Crippen molar-refractivity contribution in [1.82, 2.24) is 0 Å². The summed E-state index contributed by atoms with van der Waals surface area (Å²) in [5.74, 6) is -0.407. The van der Waals surface area contributed by atoms with Crippen LogP contribution in [0.4, 0.5) is 5.69 Å². The van der Waals surface area contributed by atoms with Gasteiger partial charge >= 0.3 is 5.97 Å². The first kappa shape index (κ1) is 23.8. The molecule has 33 heavy (non-hydrogen) atoms. The van der Waals surface area contributed by atoms with E-state index in [9.17, 15) is 9.59 Å². The zero-order valence-electron chi connectivity index (χ0n) is 18.9. The van der Waals surface area contributed by atoms with E-state index in [1.54, 1.807) is 6.07 Å². The van der Waals surface area contributed by atoms with Crippen LogP contribution in [0.1, 0.15) is 42.9 Å². The molecular weight excluding hydrogens is 414 g/mol. The molecule has 0 saturated carbocycles. The van der Waals surface area contributed by atoms with E-state index >= 15 is 0 Å². The summed E-state index contributed by atoms with van der Waals surface area (Å²) in [7, 11) is 0. The molecule has 0 bridgehead atoms. The second kappa shape index (κ2) is 11.7. The van der Waals surface area contributed by atoms with Gasteiger partial charge in [-0.05, 0) is 53.3 Å². The zero-order valence-corrected chi connectivity index (χ0v) is 18.9. The van der Waals surface area contributed by atoms with Crippen molar-refractivity contribution < 1.29 is 19.4 Å². The molecule has 5 nitrogen and oxygen atoms in total. The van der Waals surface area contributed by atoms with Gasteiger partial charge in [0.05, 0.1) is 5.92 Å². The smallest absolute Gasteiger partial charge is 0.328 e. The van der Waals surface area contributed by atoms with Gasteiger partial charge in [0.2, 0.25) is 5.91 Å². The lowest BCUT2D eigenvalue weighted by atomic mass is 9.89. The Morgan fingerprint density at radius 2 is 1.64 bits per heavy atom. The number of ether oxygens (including phenoxy) is 1. The standard InChI is InChI=1S/C28H29NO4/c1-20(2)17-25(22-9-5-3-6-10-22)28(32)29-26-18-21(13-14-23(26)15-16-27(30)31)19-33-24-11-7-4-8-12-24/h3-16,18,20,25H,17,19H2,1-2H3,(H,29,32)(H,30,31)/b16-15+. The molecule has 3 aromatic rings. The number of rotatable bonds is 10. The van der Waals surface area contributed by atoms with E-state index in [1.807, 2.05) is 72.8 Å². The molecule has 0 aliphatic carbocycles. The van der Waals surface area contributed by atoms with Crippen LogP contribution in [0.2, 0.25) is 0 Å². The normalized spacial score (nSPS) is 12.0. The molecule has 0 saturated heterocycles. The molecule has 5 heteroatoms. The summed E-state index contributed by atoms with van der Waals surface area (Å²) in [6.45, 7) is 4.50. The van der Waals surface area contributed by atoms with E-state index < -0.39 is 5.97 Å². The summed E-state index contributed by atoms with van der Waals surface area (Å²) < 4.78 is 5.83. The first-order valence-corrected chi connectivity index (χ1v) is 11.0. The quantitative estimate of drug-likeness (QED) is 0.370. The summed E-state index contributed by atoms with van der Waals surface area (Å²) in [5.41, 5.74) is 2.98. The molecule has 0 aromatic heterocycles. The fourth-order valence-electron chi connectivity index (χ4n) is 3.56. The number of benzene rings is 3. The third-order valence-electron chi connectivity index (χ3n) is 5.16. The van der Waals surface area contributed by atoms with Crippen molar-refractivity contribution in [2.24, 2.45) is 5.92 Å². The average molecular weight is 444 g/mol. The van der Waals surface area contributed by atoms with Gasteiger partial charge < -0.3 is 15.2 Å². The third kappa shape index (κ3) is 7.35. The Labute approximate surface area is 194 Å². The van der Waals surface area contributed by atoms with Crippen molar-refractivity contribution in [3.63, 3.8) is 0 Å². The van der Waals surface area contributed by atoms with Crippen LogP contribution < -0.4 is 10.1 Å². The van der Waals surface area contributed by atoms with Gasteiger partial charge in [0.15, 0.2) is 0 Å². The number of amides is 1. The predicted octanol–water partition coefficient (Wildman–Crippen LogP) is 6.13. The van der Waals surface area contributed by atoms with Gasteiger partial charge in [-0.15, -0.1) is 0 Å². The number of carboxylic acid groups (broad SMARTS) is 1. The lowest BCUT2D eigenvalue weighted by Gasteiger charge is -2.20. The number of carbonyl (C=O) groups excluding carboxylic acids is 1. The van der Waals surface area contributed by atoms with Crippen molar-refractivity contribution in [3.05, 3.63) is 102 Å². The topological polar surface area (TPSA) is 75.6 Å². The average Bonchev–Trinajstić information content (AvgIpc) is 2.81. The molecule has 1 amide bonds. The SMILES string of the molecule is CC(C)CC(C(=O)Nc1cc(COc2ccccc2)ccc1/C=C/C(=O)O)c1ccccc1. The van der Waals surface area contributed by atoms with Crippen LogP contribution in [0.15, 0.2) is 84.9 Å². The molecule has 0 fully saturated rings. The van der Waals surface area contributed by atoms with Gasteiger partial charge in [0.25, 0.3) is 0 Å². The molecule has 3 aromatic carbocycles. The molecule has 170 valence electrons. The Morgan fingerprint density at radius 3 is 2.27 bits per heavy atom. The molecule has 0 aliphatic rings. The Hall–Kier alpha value is -3.86. The van der Waals surface area contributed by atoms with Crippen LogP contribution >= 0.6 is 0 Å². The Kier molecular flexibility index (Phi) is 8.42. The van der Waals surface area contributed by atoms with Crippen molar-refractivity contribution in [2.75, 3.05) is 5.32 Å². The molecule has 0 aliphatic heterocycles. The highest BCUT2D eigenvalue weighted by Gasteiger charge is 2.22. The van der Waals surface area contributed by atoms with Gasteiger partial charge in [-0.1, -0.05) is 74.5 Å². The maximum atomic E-state index is 13.3. The number of nitrogens with one attached hydrogen (secondary N) is 1. The van der Waals surface area contributed by atoms with E-state index in [0.717, 1.165) is 23.0 Å². The molecule has 0 heterocycles. The summed E-state index contributed by atoms with van der Waals surface area (Å²) in [6, 6.07) is 24.7. The number of anilines is 1. The highest BCUT2D eigenvalue weighted by Crippen LogP contribution is 2.28. The van der Waals surface area contributed by atoms with E-state index in [2.05, 4.69) is 19.2 Å². The predicted molar refractivity (Wildman–Crippen MR) is 131 cm³/mol. The Morgan fingerprint density at radius 1 is 0.970 bits per heavy atom. The largest absolute Gasteiger partial charge is 0.489 e.